The molecule has 0 saturated heterocycles. The van der Waals surface area contributed by atoms with Gasteiger partial charge in [-0.2, -0.15) is 24.4 Å². The third-order valence-electron chi connectivity index (χ3n) is 3.29. The zero-order valence-corrected chi connectivity index (χ0v) is 13.1. The molecule has 6 heteroatoms. The standard InChI is InChI=1S/C14H13ClN2OS2/c15-9-3-1-8(2-4-9)12(19)13-16-11-5-6-20-7-10(11)14(18)17-13/h1-4,12,19H,5-7H2,(H,16,17,18). The number of rotatable bonds is 2. The van der Waals surface area contributed by atoms with Gasteiger partial charge in [0.1, 0.15) is 5.82 Å². The van der Waals surface area contributed by atoms with Gasteiger partial charge in [-0.05, 0) is 29.9 Å². The highest BCUT2D eigenvalue weighted by molar-refractivity contribution is 7.98. The van der Waals surface area contributed by atoms with Crippen LogP contribution in [0, 0.1) is 0 Å². The van der Waals surface area contributed by atoms with Gasteiger partial charge in [-0.1, -0.05) is 23.7 Å². The minimum Gasteiger partial charge on any atom is -0.309 e. The molecule has 3 nitrogen and oxygen atoms in total. The Morgan fingerprint density at radius 3 is 2.85 bits per heavy atom. The number of nitrogens with zero attached hydrogens (tertiary/aromatic N) is 1. The number of fused-ring (bicyclic) bond motifs is 1. The second kappa shape index (κ2) is 5.84. The maximum atomic E-state index is 12.1. The number of thiol groups is 1. The van der Waals surface area contributed by atoms with Gasteiger partial charge in [0.25, 0.3) is 5.56 Å². The maximum Gasteiger partial charge on any atom is 0.255 e. The predicted molar refractivity (Wildman–Crippen MR) is 87.0 cm³/mol. The van der Waals surface area contributed by atoms with Crippen molar-refractivity contribution >= 4 is 36.0 Å². The Morgan fingerprint density at radius 1 is 1.35 bits per heavy atom. The molecule has 1 aromatic heterocycles. The topological polar surface area (TPSA) is 45.8 Å². The van der Waals surface area contributed by atoms with Gasteiger partial charge < -0.3 is 4.98 Å². The lowest BCUT2D eigenvalue weighted by Gasteiger charge is -2.17. The normalized spacial score (nSPS) is 15.7. The number of halogens is 1. The van der Waals surface area contributed by atoms with Crippen LogP contribution in [0.3, 0.4) is 0 Å². The van der Waals surface area contributed by atoms with Crippen molar-refractivity contribution in [1.82, 2.24) is 9.97 Å². The molecule has 1 unspecified atom stereocenters. The highest BCUT2D eigenvalue weighted by Crippen LogP contribution is 2.28. The average molecular weight is 325 g/mol. The molecular weight excluding hydrogens is 312 g/mol. The number of benzene rings is 1. The van der Waals surface area contributed by atoms with Crippen molar-refractivity contribution in [3.63, 3.8) is 0 Å². The van der Waals surface area contributed by atoms with Crippen LogP contribution >= 0.6 is 36.0 Å². The first-order valence-corrected chi connectivity index (χ1v) is 8.33. The summed E-state index contributed by atoms with van der Waals surface area (Å²) < 4.78 is 0. The fraction of sp³-hybridized carbons (Fsp3) is 0.286. The van der Waals surface area contributed by atoms with E-state index in [9.17, 15) is 4.79 Å². The van der Waals surface area contributed by atoms with Crippen molar-refractivity contribution in [2.75, 3.05) is 5.75 Å². The largest absolute Gasteiger partial charge is 0.309 e. The Hall–Kier alpha value is -0.910. The number of hydrogen-bond acceptors (Lipinski definition) is 4. The smallest absolute Gasteiger partial charge is 0.255 e. The molecule has 0 fully saturated rings. The van der Waals surface area contributed by atoms with Crippen LogP contribution in [0.2, 0.25) is 5.02 Å². The van der Waals surface area contributed by atoms with Crippen LogP contribution in [0.1, 0.15) is 27.9 Å². The van der Waals surface area contributed by atoms with E-state index in [0.717, 1.165) is 34.7 Å². The lowest BCUT2D eigenvalue weighted by atomic mass is 10.1. The zero-order valence-electron chi connectivity index (χ0n) is 10.6. The van der Waals surface area contributed by atoms with E-state index in [4.69, 9.17) is 11.6 Å². The summed E-state index contributed by atoms with van der Waals surface area (Å²) >= 11 is 12.2. The molecule has 1 atom stereocenters. The number of H-pyrrole nitrogens is 1. The van der Waals surface area contributed by atoms with Crippen LogP contribution in [0.5, 0.6) is 0 Å². The molecule has 20 heavy (non-hydrogen) atoms. The van der Waals surface area contributed by atoms with E-state index in [1.54, 1.807) is 11.8 Å². The third-order valence-corrected chi connectivity index (χ3v) is 5.07. The van der Waals surface area contributed by atoms with Gasteiger partial charge in [0.15, 0.2) is 0 Å². The average Bonchev–Trinajstić information content (AvgIpc) is 2.47. The Balaban J connectivity index is 1.99. The van der Waals surface area contributed by atoms with Crippen LogP contribution in [-0.2, 0) is 12.2 Å². The summed E-state index contributed by atoms with van der Waals surface area (Å²) in [6.07, 6.45) is 0.845. The number of aryl methyl sites for hydroxylation is 1. The minimum absolute atomic E-state index is 0.0368. The van der Waals surface area contributed by atoms with Crippen molar-refractivity contribution < 1.29 is 0 Å². The van der Waals surface area contributed by atoms with E-state index in [1.165, 1.54) is 0 Å². The summed E-state index contributed by atoms with van der Waals surface area (Å²) in [5.74, 6) is 2.36. The van der Waals surface area contributed by atoms with Gasteiger partial charge in [0, 0.05) is 16.3 Å². The molecule has 1 aliphatic rings. The molecular formula is C14H13ClN2OS2. The number of thioether (sulfide) groups is 1. The fourth-order valence-electron chi connectivity index (χ4n) is 2.19. The van der Waals surface area contributed by atoms with Crippen molar-refractivity contribution in [3.8, 4) is 0 Å². The molecule has 0 bridgehead atoms. The third kappa shape index (κ3) is 2.75. The molecule has 104 valence electrons. The van der Waals surface area contributed by atoms with E-state index < -0.39 is 0 Å². The molecule has 0 amide bonds. The summed E-state index contributed by atoms with van der Waals surface area (Å²) in [5.41, 5.74) is 2.65. The number of nitrogens with one attached hydrogen (secondary N) is 1. The minimum atomic E-state index is -0.250. The summed E-state index contributed by atoms with van der Waals surface area (Å²) in [4.78, 5) is 19.6. The lowest BCUT2D eigenvalue weighted by molar-refractivity contribution is 0.853. The van der Waals surface area contributed by atoms with Gasteiger partial charge in [-0.3, -0.25) is 4.79 Å². The van der Waals surface area contributed by atoms with Gasteiger partial charge in [0.2, 0.25) is 0 Å². The number of hydrogen-bond donors (Lipinski definition) is 2. The second-order valence-electron chi connectivity index (χ2n) is 4.63. The Labute approximate surface area is 131 Å². The lowest BCUT2D eigenvalue weighted by Crippen LogP contribution is -2.23. The quantitative estimate of drug-likeness (QED) is 0.834. The summed E-state index contributed by atoms with van der Waals surface area (Å²) in [6, 6.07) is 7.42. The highest BCUT2D eigenvalue weighted by Gasteiger charge is 2.19. The first-order chi connectivity index (χ1) is 9.65. The van der Waals surface area contributed by atoms with Gasteiger partial charge in [-0.25, -0.2) is 4.98 Å². The molecule has 1 aromatic carbocycles. The van der Waals surface area contributed by atoms with E-state index >= 15 is 0 Å². The number of aromatic nitrogens is 2. The molecule has 3 rings (SSSR count). The van der Waals surface area contributed by atoms with E-state index in [-0.39, 0.29) is 10.8 Å². The molecule has 2 aromatic rings. The van der Waals surface area contributed by atoms with Crippen molar-refractivity contribution in [2.24, 2.45) is 0 Å². The van der Waals surface area contributed by atoms with E-state index in [2.05, 4.69) is 22.6 Å². The molecule has 0 aliphatic carbocycles. The molecule has 0 saturated carbocycles. The SMILES string of the molecule is O=c1[nH]c(C(S)c2ccc(Cl)cc2)nc2c1CSCC2. The van der Waals surface area contributed by atoms with Crippen molar-refractivity contribution in [2.45, 2.75) is 17.4 Å². The maximum absolute atomic E-state index is 12.1. The summed E-state index contributed by atoms with van der Waals surface area (Å²) in [7, 11) is 0. The molecule has 0 spiro atoms. The summed E-state index contributed by atoms with van der Waals surface area (Å²) in [6.45, 7) is 0. The Morgan fingerprint density at radius 2 is 2.10 bits per heavy atom. The van der Waals surface area contributed by atoms with E-state index in [0.29, 0.717) is 10.8 Å². The molecule has 1 N–H and O–H groups in total. The molecule has 1 aliphatic heterocycles. The predicted octanol–water partition coefficient (Wildman–Crippen LogP) is 3.23. The van der Waals surface area contributed by atoms with Crippen LogP contribution < -0.4 is 5.56 Å². The monoisotopic (exact) mass is 324 g/mol. The second-order valence-corrected chi connectivity index (χ2v) is 6.69. The van der Waals surface area contributed by atoms with Crippen LogP contribution in [-0.4, -0.2) is 15.7 Å². The molecule has 0 radical (unpaired) electrons. The zero-order chi connectivity index (χ0) is 14.1. The van der Waals surface area contributed by atoms with Crippen LogP contribution in [0.4, 0.5) is 0 Å². The summed E-state index contributed by atoms with van der Waals surface area (Å²) in [5, 5.41) is 0.429. The van der Waals surface area contributed by atoms with E-state index in [1.807, 2.05) is 24.3 Å². The van der Waals surface area contributed by atoms with Gasteiger partial charge in [0.05, 0.1) is 10.9 Å². The van der Waals surface area contributed by atoms with Crippen molar-refractivity contribution in [3.05, 3.63) is 62.3 Å². The Kier molecular flexibility index (Phi) is 4.10. The molecule has 2 heterocycles. The Bertz CT molecular complexity index is 685. The van der Waals surface area contributed by atoms with Gasteiger partial charge in [-0.15, -0.1) is 0 Å². The van der Waals surface area contributed by atoms with Gasteiger partial charge >= 0.3 is 0 Å². The highest BCUT2D eigenvalue weighted by atomic mass is 35.5. The first kappa shape index (κ1) is 14.0. The van der Waals surface area contributed by atoms with Crippen LogP contribution in [0.25, 0.3) is 0 Å². The van der Waals surface area contributed by atoms with Crippen LogP contribution in [0.15, 0.2) is 29.1 Å². The van der Waals surface area contributed by atoms with Crippen molar-refractivity contribution in [1.29, 1.82) is 0 Å². The first-order valence-electron chi connectivity index (χ1n) is 6.28. The fourth-order valence-corrected chi connectivity index (χ4v) is 3.60. The number of aromatic amines is 1.